The number of ether oxygens (including phenoxy) is 2. The summed E-state index contributed by atoms with van der Waals surface area (Å²) in [5.41, 5.74) is 0.775. The number of fused-ring (bicyclic) bond motifs is 1. The Hall–Kier alpha value is -1.75. The van der Waals surface area contributed by atoms with E-state index in [-0.39, 0.29) is 23.4 Å². The van der Waals surface area contributed by atoms with Crippen molar-refractivity contribution in [1.29, 1.82) is 0 Å². The summed E-state index contributed by atoms with van der Waals surface area (Å²) in [6, 6.07) is 2.29. The van der Waals surface area contributed by atoms with E-state index in [1.807, 2.05) is 6.92 Å². The minimum Gasteiger partial charge on any atom is -0.494 e. The Morgan fingerprint density at radius 2 is 2.12 bits per heavy atom. The van der Waals surface area contributed by atoms with E-state index < -0.39 is 17.2 Å². The molecule has 0 aromatic heterocycles. The first kappa shape index (κ1) is 19.0. The third kappa shape index (κ3) is 3.29. The fourth-order valence-corrected chi connectivity index (χ4v) is 4.42. The fraction of sp³-hybridized carbons (Fsp3) is 0.571. The molecule has 1 heterocycles. The Balaban J connectivity index is 1.88. The van der Waals surface area contributed by atoms with E-state index >= 15 is 0 Å². The van der Waals surface area contributed by atoms with Crippen molar-refractivity contribution in [2.24, 2.45) is 11.8 Å². The van der Waals surface area contributed by atoms with Gasteiger partial charge in [0, 0.05) is 12.0 Å². The van der Waals surface area contributed by atoms with E-state index in [0.29, 0.717) is 25.0 Å². The fourth-order valence-electron chi connectivity index (χ4n) is 4.42. The van der Waals surface area contributed by atoms with Gasteiger partial charge in [-0.2, -0.15) is 0 Å². The highest BCUT2D eigenvalue weighted by molar-refractivity contribution is 5.94. The normalized spacial score (nSPS) is 26.4. The molecule has 1 aromatic rings. The second kappa shape index (κ2) is 7.47. The zero-order chi connectivity index (χ0) is 18.9. The van der Waals surface area contributed by atoms with E-state index in [1.54, 1.807) is 6.08 Å². The average Bonchev–Trinajstić information content (AvgIpc) is 3.02. The van der Waals surface area contributed by atoms with Gasteiger partial charge < -0.3 is 9.47 Å². The number of ketones is 1. The second-order valence-corrected chi connectivity index (χ2v) is 7.43. The van der Waals surface area contributed by atoms with Crippen LogP contribution in [0.4, 0.5) is 8.78 Å². The summed E-state index contributed by atoms with van der Waals surface area (Å²) in [5, 5.41) is 0. The molecule has 1 aliphatic carbocycles. The molecule has 1 aliphatic heterocycles. The van der Waals surface area contributed by atoms with E-state index in [4.69, 9.17) is 9.47 Å². The van der Waals surface area contributed by atoms with Crippen molar-refractivity contribution in [1.82, 2.24) is 0 Å². The third-order valence-electron chi connectivity index (χ3n) is 5.82. The third-order valence-corrected chi connectivity index (χ3v) is 5.82. The molecule has 0 bridgehead atoms. The van der Waals surface area contributed by atoms with E-state index in [9.17, 15) is 13.6 Å². The van der Waals surface area contributed by atoms with Crippen LogP contribution in [-0.2, 0) is 16.0 Å². The molecular weight excluding hydrogens is 338 g/mol. The minimum absolute atomic E-state index is 0.0539. The molecule has 1 saturated heterocycles. The highest BCUT2D eigenvalue weighted by Gasteiger charge is 2.49. The predicted octanol–water partition coefficient (Wildman–Crippen LogP) is 4.63. The molecule has 0 N–H and O–H groups in total. The molecule has 0 radical (unpaired) electrons. The first-order valence-corrected chi connectivity index (χ1v) is 9.32. The van der Waals surface area contributed by atoms with Gasteiger partial charge in [-0.3, -0.25) is 4.79 Å². The Bertz CT molecular complexity index is 728. The molecule has 3 atom stereocenters. The van der Waals surface area contributed by atoms with Crippen LogP contribution in [0, 0.1) is 23.5 Å². The van der Waals surface area contributed by atoms with Crippen LogP contribution in [0.3, 0.4) is 0 Å². The van der Waals surface area contributed by atoms with Crippen molar-refractivity contribution in [3.63, 3.8) is 0 Å². The number of rotatable bonds is 6. The highest BCUT2D eigenvalue weighted by Crippen LogP contribution is 2.47. The maximum absolute atomic E-state index is 14.4. The maximum Gasteiger partial charge on any atom is 0.165 e. The van der Waals surface area contributed by atoms with Crippen molar-refractivity contribution >= 4 is 5.78 Å². The van der Waals surface area contributed by atoms with Gasteiger partial charge in [0.05, 0.1) is 19.3 Å². The molecule has 3 nitrogen and oxygen atoms in total. The van der Waals surface area contributed by atoms with Gasteiger partial charge in [0.25, 0.3) is 0 Å². The number of carbonyl (C=O) groups is 1. The van der Waals surface area contributed by atoms with Crippen LogP contribution < -0.4 is 4.74 Å². The van der Waals surface area contributed by atoms with Gasteiger partial charge in [-0.15, -0.1) is 0 Å². The standard InChI is InChI=1S/C21H26F2O3/c1-4-5-14-12-21(16(6-7-26-21)10-19(14)24)13(2)8-15-9-18(23)20(25-3)11-17(15)22/h9-11,13-14H,4-8,12H2,1-3H3/t13-,14+,21-/m1/s1. The van der Waals surface area contributed by atoms with Crippen LogP contribution in [0.1, 0.15) is 45.1 Å². The van der Waals surface area contributed by atoms with Gasteiger partial charge >= 0.3 is 0 Å². The number of hydrogen-bond donors (Lipinski definition) is 0. The topological polar surface area (TPSA) is 35.5 Å². The Kier molecular flexibility index (Phi) is 5.47. The monoisotopic (exact) mass is 364 g/mol. The largest absolute Gasteiger partial charge is 0.494 e. The first-order chi connectivity index (χ1) is 12.4. The summed E-state index contributed by atoms with van der Waals surface area (Å²) < 4.78 is 39.4. The van der Waals surface area contributed by atoms with Crippen molar-refractivity contribution in [2.75, 3.05) is 13.7 Å². The van der Waals surface area contributed by atoms with Crippen LogP contribution >= 0.6 is 0 Å². The molecule has 142 valence electrons. The zero-order valence-corrected chi connectivity index (χ0v) is 15.6. The molecular formula is C21H26F2O3. The lowest BCUT2D eigenvalue weighted by atomic mass is 9.68. The van der Waals surface area contributed by atoms with Gasteiger partial charge in [0.2, 0.25) is 0 Å². The van der Waals surface area contributed by atoms with Crippen LogP contribution in [0.15, 0.2) is 23.8 Å². The summed E-state index contributed by atoms with van der Waals surface area (Å²) in [5.74, 6) is -1.09. The molecule has 5 heteroatoms. The van der Waals surface area contributed by atoms with Gasteiger partial charge in [-0.1, -0.05) is 20.3 Å². The molecule has 0 amide bonds. The smallest absolute Gasteiger partial charge is 0.165 e. The van der Waals surface area contributed by atoms with Crippen molar-refractivity contribution in [3.8, 4) is 5.75 Å². The number of hydrogen-bond acceptors (Lipinski definition) is 3. The Morgan fingerprint density at radius 1 is 1.35 bits per heavy atom. The number of allylic oxidation sites excluding steroid dienone is 1. The van der Waals surface area contributed by atoms with Crippen LogP contribution in [0.5, 0.6) is 5.75 Å². The molecule has 1 aromatic carbocycles. The number of methoxy groups -OCH3 is 1. The number of benzene rings is 1. The van der Waals surface area contributed by atoms with Crippen LogP contribution in [0.25, 0.3) is 0 Å². The van der Waals surface area contributed by atoms with Crippen molar-refractivity contribution in [3.05, 3.63) is 41.0 Å². The summed E-state index contributed by atoms with van der Waals surface area (Å²) >= 11 is 0. The first-order valence-electron chi connectivity index (χ1n) is 9.32. The SMILES string of the molecule is CCC[C@H]1C[C@]2([C@H](C)Cc3cc(F)c(OC)cc3F)OCCC2=CC1=O. The summed E-state index contributed by atoms with van der Waals surface area (Å²) in [4.78, 5) is 12.4. The van der Waals surface area contributed by atoms with Gasteiger partial charge in [0.15, 0.2) is 17.3 Å². The lowest BCUT2D eigenvalue weighted by molar-refractivity contribution is -0.123. The minimum atomic E-state index is -0.570. The molecule has 1 fully saturated rings. The lowest BCUT2D eigenvalue weighted by Gasteiger charge is -2.41. The lowest BCUT2D eigenvalue weighted by Crippen LogP contribution is -2.44. The van der Waals surface area contributed by atoms with Crippen molar-refractivity contribution < 1.29 is 23.0 Å². The second-order valence-electron chi connectivity index (χ2n) is 7.43. The summed E-state index contributed by atoms with van der Waals surface area (Å²) in [6.07, 6.45) is 5.21. The molecule has 26 heavy (non-hydrogen) atoms. The predicted molar refractivity (Wildman–Crippen MR) is 95.2 cm³/mol. The Labute approximate surface area is 153 Å². The zero-order valence-electron chi connectivity index (χ0n) is 15.6. The quantitative estimate of drug-likeness (QED) is 0.738. The summed E-state index contributed by atoms with van der Waals surface area (Å²) in [6.45, 7) is 4.63. The average molecular weight is 364 g/mol. The molecule has 0 spiro atoms. The Morgan fingerprint density at radius 3 is 2.81 bits per heavy atom. The molecule has 2 aliphatic rings. The number of carbonyl (C=O) groups excluding carboxylic acids is 1. The molecule has 3 rings (SSSR count). The van der Waals surface area contributed by atoms with Crippen LogP contribution in [-0.4, -0.2) is 25.1 Å². The molecule has 0 saturated carbocycles. The highest BCUT2D eigenvalue weighted by atomic mass is 19.1. The van der Waals surface area contributed by atoms with Crippen molar-refractivity contribution in [2.45, 2.75) is 51.6 Å². The van der Waals surface area contributed by atoms with Gasteiger partial charge in [-0.25, -0.2) is 8.78 Å². The van der Waals surface area contributed by atoms with E-state index in [2.05, 4.69) is 6.92 Å². The van der Waals surface area contributed by atoms with Gasteiger partial charge in [-0.05, 0) is 54.9 Å². The number of halogens is 2. The van der Waals surface area contributed by atoms with E-state index in [0.717, 1.165) is 30.9 Å². The van der Waals surface area contributed by atoms with Gasteiger partial charge in [0.1, 0.15) is 5.82 Å². The van der Waals surface area contributed by atoms with E-state index in [1.165, 1.54) is 13.2 Å². The van der Waals surface area contributed by atoms with Crippen LogP contribution in [0.2, 0.25) is 0 Å². The summed E-state index contributed by atoms with van der Waals surface area (Å²) in [7, 11) is 1.31. The molecule has 0 unspecified atom stereocenters. The maximum atomic E-state index is 14.4.